The average Bonchev–Trinajstić information content (AvgIpc) is 3.08. The molecule has 0 aromatic carbocycles. The van der Waals surface area contributed by atoms with Crippen molar-refractivity contribution in [3.8, 4) is 0 Å². The van der Waals surface area contributed by atoms with Crippen LogP contribution in [0.2, 0.25) is 0 Å². The topological polar surface area (TPSA) is 78.9 Å². The van der Waals surface area contributed by atoms with Gasteiger partial charge in [-0.3, -0.25) is 14.4 Å². The molecule has 0 aliphatic carbocycles. The zero-order chi connectivity index (χ0) is 35.2. The molecule has 0 fully saturated rings. The SMILES string of the molecule is CCCCCCCCCCCCCC(=O)OC[C@@H](COC(=O)CCCCCCCCCCCC)OC(=O)CCCCCCCCCCC. The summed E-state index contributed by atoms with van der Waals surface area (Å²) in [5.41, 5.74) is 0. The Bertz CT molecular complexity index is 708. The van der Waals surface area contributed by atoms with Crippen molar-refractivity contribution in [3.63, 3.8) is 0 Å². The molecule has 0 rings (SSSR count). The minimum Gasteiger partial charge on any atom is -0.462 e. The first-order chi connectivity index (χ1) is 23.5. The van der Waals surface area contributed by atoms with Crippen LogP contribution in [0.25, 0.3) is 0 Å². The van der Waals surface area contributed by atoms with Gasteiger partial charge in [-0.15, -0.1) is 0 Å². The summed E-state index contributed by atoms with van der Waals surface area (Å²) in [5.74, 6) is -0.862. The number of hydrogen-bond donors (Lipinski definition) is 0. The molecule has 6 nitrogen and oxygen atoms in total. The predicted molar refractivity (Wildman–Crippen MR) is 201 cm³/mol. The summed E-state index contributed by atoms with van der Waals surface area (Å²) >= 11 is 0. The second-order valence-electron chi connectivity index (χ2n) is 14.3. The van der Waals surface area contributed by atoms with E-state index in [1.165, 1.54) is 135 Å². The highest BCUT2D eigenvalue weighted by Gasteiger charge is 2.19. The minimum absolute atomic E-state index is 0.0636. The van der Waals surface area contributed by atoms with Gasteiger partial charge in [0.2, 0.25) is 0 Å². The molecule has 0 aliphatic rings. The molecule has 0 aromatic heterocycles. The zero-order valence-corrected chi connectivity index (χ0v) is 32.3. The Labute approximate surface area is 298 Å². The Morgan fingerprint density at radius 2 is 0.562 bits per heavy atom. The highest BCUT2D eigenvalue weighted by atomic mass is 16.6. The Morgan fingerprint density at radius 1 is 0.333 bits per heavy atom. The lowest BCUT2D eigenvalue weighted by molar-refractivity contribution is -0.167. The van der Waals surface area contributed by atoms with Gasteiger partial charge in [0.05, 0.1) is 0 Å². The number of carbonyl (C=O) groups is 3. The highest BCUT2D eigenvalue weighted by Crippen LogP contribution is 2.15. The maximum atomic E-state index is 12.6. The molecule has 0 bridgehead atoms. The highest BCUT2D eigenvalue weighted by molar-refractivity contribution is 5.71. The fourth-order valence-corrected chi connectivity index (χ4v) is 6.15. The molecule has 1 atom stereocenters. The van der Waals surface area contributed by atoms with Crippen LogP contribution in [-0.4, -0.2) is 37.2 Å². The number of ether oxygens (including phenoxy) is 3. The van der Waals surface area contributed by atoms with Crippen molar-refractivity contribution >= 4 is 17.9 Å². The molecule has 0 spiro atoms. The normalized spacial score (nSPS) is 11.8. The first-order valence-corrected chi connectivity index (χ1v) is 21.0. The fourth-order valence-electron chi connectivity index (χ4n) is 6.15. The molecule has 0 amide bonds. The average molecular weight is 681 g/mol. The van der Waals surface area contributed by atoms with Crippen molar-refractivity contribution in [1.82, 2.24) is 0 Å². The van der Waals surface area contributed by atoms with Crippen molar-refractivity contribution in [1.29, 1.82) is 0 Å². The second-order valence-corrected chi connectivity index (χ2v) is 14.3. The lowest BCUT2D eigenvalue weighted by Gasteiger charge is -2.18. The van der Waals surface area contributed by atoms with Gasteiger partial charge in [0.15, 0.2) is 6.10 Å². The van der Waals surface area contributed by atoms with Crippen molar-refractivity contribution in [3.05, 3.63) is 0 Å². The van der Waals surface area contributed by atoms with Crippen LogP contribution in [-0.2, 0) is 28.6 Å². The van der Waals surface area contributed by atoms with Crippen molar-refractivity contribution in [2.45, 2.75) is 239 Å². The number of unbranched alkanes of at least 4 members (excludes halogenated alkanes) is 27. The van der Waals surface area contributed by atoms with Crippen LogP contribution in [0.3, 0.4) is 0 Å². The van der Waals surface area contributed by atoms with Gasteiger partial charge in [-0.2, -0.15) is 0 Å². The van der Waals surface area contributed by atoms with E-state index in [0.29, 0.717) is 19.3 Å². The maximum Gasteiger partial charge on any atom is 0.306 e. The molecule has 0 saturated heterocycles. The Morgan fingerprint density at radius 3 is 0.833 bits per heavy atom. The van der Waals surface area contributed by atoms with E-state index >= 15 is 0 Å². The monoisotopic (exact) mass is 681 g/mol. The van der Waals surface area contributed by atoms with Gasteiger partial charge in [-0.05, 0) is 19.3 Å². The minimum atomic E-state index is -0.756. The van der Waals surface area contributed by atoms with Crippen molar-refractivity contribution in [2.24, 2.45) is 0 Å². The third-order valence-electron chi connectivity index (χ3n) is 9.36. The molecule has 0 saturated carbocycles. The van der Waals surface area contributed by atoms with Crippen molar-refractivity contribution < 1.29 is 28.6 Å². The van der Waals surface area contributed by atoms with Gasteiger partial charge in [-0.1, -0.05) is 194 Å². The first-order valence-electron chi connectivity index (χ1n) is 21.0. The number of carbonyl (C=O) groups excluding carboxylic acids is 3. The number of esters is 3. The van der Waals surface area contributed by atoms with E-state index in [9.17, 15) is 14.4 Å². The van der Waals surface area contributed by atoms with Gasteiger partial charge >= 0.3 is 17.9 Å². The predicted octanol–water partition coefficient (Wildman–Crippen LogP) is 12.9. The fraction of sp³-hybridized carbons (Fsp3) is 0.929. The first kappa shape index (κ1) is 46.4. The molecular weight excluding hydrogens is 600 g/mol. The number of hydrogen-bond acceptors (Lipinski definition) is 6. The summed E-state index contributed by atoms with van der Waals surface area (Å²) in [4.78, 5) is 37.5. The summed E-state index contributed by atoms with van der Waals surface area (Å²) < 4.78 is 16.6. The maximum absolute atomic E-state index is 12.6. The van der Waals surface area contributed by atoms with E-state index < -0.39 is 6.10 Å². The van der Waals surface area contributed by atoms with Gasteiger partial charge in [0.1, 0.15) is 13.2 Å². The molecule has 6 heteroatoms. The van der Waals surface area contributed by atoms with E-state index in [1.54, 1.807) is 0 Å². The summed E-state index contributed by atoms with van der Waals surface area (Å²) in [6.07, 6.45) is 36.5. The third kappa shape index (κ3) is 35.7. The van der Waals surface area contributed by atoms with Crippen LogP contribution in [0.15, 0.2) is 0 Å². The molecule has 0 aliphatic heterocycles. The van der Waals surface area contributed by atoms with E-state index in [-0.39, 0.29) is 31.1 Å². The Balaban J connectivity index is 4.32. The van der Waals surface area contributed by atoms with Crippen LogP contribution in [0, 0.1) is 0 Å². The van der Waals surface area contributed by atoms with Gasteiger partial charge < -0.3 is 14.2 Å². The van der Waals surface area contributed by atoms with Crippen LogP contribution in [0.1, 0.15) is 233 Å². The lowest BCUT2D eigenvalue weighted by Crippen LogP contribution is -2.30. The van der Waals surface area contributed by atoms with E-state index in [2.05, 4.69) is 20.8 Å². The third-order valence-corrected chi connectivity index (χ3v) is 9.36. The molecule has 0 N–H and O–H groups in total. The smallest absolute Gasteiger partial charge is 0.306 e. The molecule has 284 valence electrons. The van der Waals surface area contributed by atoms with E-state index in [0.717, 1.165) is 57.8 Å². The standard InChI is InChI=1S/C42H80O6/c1-4-7-10-13-16-19-21-24-26-29-32-35-41(44)47-38-39(48-42(45)36-33-30-27-22-18-15-12-9-6-3)37-46-40(43)34-31-28-25-23-20-17-14-11-8-5-2/h39H,4-38H2,1-3H3/t39-/m1/s1. The molecule has 48 heavy (non-hydrogen) atoms. The quantitative estimate of drug-likeness (QED) is 0.0367. The zero-order valence-electron chi connectivity index (χ0n) is 32.3. The molecule has 0 aromatic rings. The Hall–Kier alpha value is -1.59. The largest absolute Gasteiger partial charge is 0.462 e. The molecule has 0 radical (unpaired) electrons. The van der Waals surface area contributed by atoms with Gasteiger partial charge in [-0.25, -0.2) is 0 Å². The van der Waals surface area contributed by atoms with Crippen LogP contribution in [0.4, 0.5) is 0 Å². The van der Waals surface area contributed by atoms with Crippen LogP contribution >= 0.6 is 0 Å². The number of rotatable bonds is 38. The van der Waals surface area contributed by atoms with Crippen LogP contribution < -0.4 is 0 Å². The van der Waals surface area contributed by atoms with Gasteiger partial charge in [0, 0.05) is 19.3 Å². The van der Waals surface area contributed by atoms with Crippen LogP contribution in [0.5, 0.6) is 0 Å². The molecule has 0 unspecified atom stereocenters. The molecule has 0 heterocycles. The van der Waals surface area contributed by atoms with Gasteiger partial charge in [0.25, 0.3) is 0 Å². The van der Waals surface area contributed by atoms with E-state index in [1.807, 2.05) is 0 Å². The molecular formula is C42H80O6. The second kappa shape index (κ2) is 38.2. The lowest BCUT2D eigenvalue weighted by atomic mass is 10.1. The van der Waals surface area contributed by atoms with E-state index in [4.69, 9.17) is 14.2 Å². The summed E-state index contributed by atoms with van der Waals surface area (Å²) in [6, 6.07) is 0. The summed E-state index contributed by atoms with van der Waals surface area (Å²) in [6.45, 7) is 6.60. The summed E-state index contributed by atoms with van der Waals surface area (Å²) in [7, 11) is 0. The van der Waals surface area contributed by atoms with Crippen molar-refractivity contribution in [2.75, 3.05) is 13.2 Å². The Kier molecular flexibility index (Phi) is 36.9. The summed E-state index contributed by atoms with van der Waals surface area (Å²) in [5, 5.41) is 0.